The van der Waals surface area contributed by atoms with Crippen molar-refractivity contribution in [2.24, 2.45) is 0 Å². The molecule has 1 rings (SSSR count). The maximum atomic E-state index is 10.7. The first-order valence-electron chi connectivity index (χ1n) is 4.38. The number of rotatable bonds is 3. The summed E-state index contributed by atoms with van der Waals surface area (Å²) in [7, 11) is 1.66. The Kier molecular flexibility index (Phi) is 3.24. The Morgan fingerprint density at radius 3 is 2.93 bits per heavy atom. The zero-order valence-electron chi connectivity index (χ0n) is 8.51. The fourth-order valence-electron chi connectivity index (χ4n) is 1.09. The Morgan fingerprint density at radius 1 is 1.73 bits per heavy atom. The lowest BCUT2D eigenvalue weighted by Crippen LogP contribution is -2.35. The maximum Gasteiger partial charge on any atom is 0.326 e. The van der Waals surface area contributed by atoms with Gasteiger partial charge < -0.3 is 10.0 Å². The highest BCUT2D eigenvalue weighted by atomic mass is 16.4. The monoisotopic (exact) mass is 205 g/mol. The van der Waals surface area contributed by atoms with Crippen LogP contribution in [0.2, 0.25) is 0 Å². The van der Waals surface area contributed by atoms with Gasteiger partial charge in [-0.05, 0) is 19.1 Å². The lowest BCUT2D eigenvalue weighted by atomic mass is 10.2. The molecule has 1 aromatic rings. The van der Waals surface area contributed by atoms with E-state index in [0.29, 0.717) is 5.69 Å². The largest absolute Gasteiger partial charge is 0.480 e. The van der Waals surface area contributed by atoms with Crippen molar-refractivity contribution in [3.63, 3.8) is 0 Å². The first-order chi connectivity index (χ1) is 7.06. The Morgan fingerprint density at radius 2 is 2.40 bits per heavy atom. The molecule has 0 aliphatic rings. The summed E-state index contributed by atoms with van der Waals surface area (Å²) < 4.78 is 0. The van der Waals surface area contributed by atoms with Gasteiger partial charge in [0.15, 0.2) is 0 Å². The predicted octanol–water partition coefficient (Wildman–Crippen LogP) is 0.863. The molecule has 0 aliphatic heterocycles. The van der Waals surface area contributed by atoms with Crippen molar-refractivity contribution in [2.75, 3.05) is 11.9 Å². The van der Waals surface area contributed by atoms with Crippen LogP contribution in [-0.4, -0.2) is 29.1 Å². The second-order valence-electron chi connectivity index (χ2n) is 3.14. The molecule has 15 heavy (non-hydrogen) atoms. The number of nitriles is 1. The molecule has 0 radical (unpaired) electrons. The number of hydrogen-bond acceptors (Lipinski definition) is 4. The van der Waals surface area contributed by atoms with Crippen molar-refractivity contribution in [2.45, 2.75) is 13.0 Å². The molecule has 5 heteroatoms. The molecule has 0 amide bonds. The van der Waals surface area contributed by atoms with Crippen molar-refractivity contribution >= 4 is 11.7 Å². The van der Waals surface area contributed by atoms with Gasteiger partial charge in [0.05, 0.1) is 0 Å². The zero-order valence-corrected chi connectivity index (χ0v) is 8.51. The van der Waals surface area contributed by atoms with Gasteiger partial charge in [-0.1, -0.05) is 0 Å². The molecule has 0 aliphatic carbocycles. The fraction of sp³-hybridized carbons (Fsp3) is 0.300. The van der Waals surface area contributed by atoms with Crippen molar-refractivity contribution in [1.82, 2.24) is 4.98 Å². The van der Waals surface area contributed by atoms with Crippen LogP contribution in [-0.2, 0) is 4.79 Å². The van der Waals surface area contributed by atoms with Gasteiger partial charge >= 0.3 is 5.97 Å². The van der Waals surface area contributed by atoms with E-state index in [1.807, 2.05) is 6.07 Å². The molecular formula is C10H11N3O2. The molecular weight excluding hydrogens is 194 g/mol. The van der Waals surface area contributed by atoms with E-state index in [1.165, 1.54) is 6.20 Å². The molecule has 0 saturated heterocycles. The molecule has 1 atom stereocenters. The van der Waals surface area contributed by atoms with Crippen LogP contribution >= 0.6 is 0 Å². The van der Waals surface area contributed by atoms with Gasteiger partial charge in [-0.2, -0.15) is 5.26 Å². The first kappa shape index (κ1) is 11.0. The number of nitrogens with zero attached hydrogens (tertiary/aromatic N) is 3. The molecule has 1 heterocycles. The topological polar surface area (TPSA) is 77.2 Å². The van der Waals surface area contributed by atoms with Crippen LogP contribution in [0.4, 0.5) is 5.69 Å². The van der Waals surface area contributed by atoms with E-state index in [2.05, 4.69) is 4.98 Å². The third-order valence-electron chi connectivity index (χ3n) is 2.20. The molecule has 1 N–H and O–H groups in total. The fourth-order valence-corrected chi connectivity index (χ4v) is 1.09. The second kappa shape index (κ2) is 4.42. The SMILES string of the molecule is CC(C(=O)O)N(C)c1ccnc(C#N)c1. The van der Waals surface area contributed by atoms with Gasteiger partial charge in [0.1, 0.15) is 17.8 Å². The number of pyridine rings is 1. The third kappa shape index (κ3) is 2.44. The Labute approximate surface area is 87.6 Å². The quantitative estimate of drug-likeness (QED) is 0.791. The molecule has 1 unspecified atom stereocenters. The van der Waals surface area contributed by atoms with Crippen molar-refractivity contribution in [1.29, 1.82) is 5.26 Å². The summed E-state index contributed by atoms with van der Waals surface area (Å²) in [6, 6.07) is 4.49. The van der Waals surface area contributed by atoms with Crippen LogP contribution in [0.1, 0.15) is 12.6 Å². The van der Waals surface area contributed by atoms with Gasteiger partial charge in [-0.3, -0.25) is 0 Å². The van der Waals surface area contributed by atoms with Crippen LogP contribution < -0.4 is 4.90 Å². The van der Waals surface area contributed by atoms with E-state index in [1.54, 1.807) is 31.0 Å². The smallest absolute Gasteiger partial charge is 0.326 e. The van der Waals surface area contributed by atoms with Crippen molar-refractivity contribution in [3.8, 4) is 6.07 Å². The predicted molar refractivity (Wildman–Crippen MR) is 54.5 cm³/mol. The van der Waals surface area contributed by atoms with Gasteiger partial charge in [0.25, 0.3) is 0 Å². The first-order valence-corrected chi connectivity index (χ1v) is 4.38. The number of likely N-dealkylation sites (N-methyl/N-ethyl adjacent to an activating group) is 1. The van der Waals surface area contributed by atoms with E-state index in [4.69, 9.17) is 10.4 Å². The number of aromatic nitrogens is 1. The minimum atomic E-state index is -0.909. The van der Waals surface area contributed by atoms with E-state index in [0.717, 1.165) is 0 Å². The molecule has 0 bridgehead atoms. The Bertz CT molecular complexity index is 411. The van der Waals surface area contributed by atoms with E-state index in [9.17, 15) is 4.79 Å². The summed E-state index contributed by atoms with van der Waals surface area (Å²) in [6.07, 6.45) is 1.49. The molecule has 78 valence electrons. The molecule has 5 nitrogen and oxygen atoms in total. The number of carbonyl (C=O) groups is 1. The number of anilines is 1. The summed E-state index contributed by atoms with van der Waals surface area (Å²) in [5.41, 5.74) is 0.938. The maximum absolute atomic E-state index is 10.7. The molecule has 1 aromatic heterocycles. The Balaban J connectivity index is 2.96. The van der Waals surface area contributed by atoms with Gasteiger partial charge in [-0.25, -0.2) is 9.78 Å². The summed E-state index contributed by atoms with van der Waals surface area (Å²) in [5, 5.41) is 17.5. The highest BCUT2D eigenvalue weighted by Crippen LogP contribution is 2.15. The summed E-state index contributed by atoms with van der Waals surface area (Å²) >= 11 is 0. The highest BCUT2D eigenvalue weighted by molar-refractivity contribution is 5.77. The van der Waals surface area contributed by atoms with E-state index >= 15 is 0 Å². The zero-order chi connectivity index (χ0) is 11.4. The minimum absolute atomic E-state index is 0.275. The van der Waals surface area contributed by atoms with Crippen LogP contribution in [0.5, 0.6) is 0 Å². The van der Waals surface area contributed by atoms with Crippen molar-refractivity contribution < 1.29 is 9.90 Å². The highest BCUT2D eigenvalue weighted by Gasteiger charge is 2.17. The van der Waals surface area contributed by atoms with E-state index in [-0.39, 0.29) is 5.69 Å². The van der Waals surface area contributed by atoms with Crippen LogP contribution in [0.25, 0.3) is 0 Å². The molecule has 0 aromatic carbocycles. The molecule has 0 spiro atoms. The molecule has 0 saturated carbocycles. The molecule has 0 fully saturated rings. The number of carboxylic acids is 1. The Hall–Kier alpha value is -2.09. The summed E-state index contributed by atoms with van der Waals surface area (Å²) in [6.45, 7) is 1.58. The van der Waals surface area contributed by atoms with E-state index < -0.39 is 12.0 Å². The van der Waals surface area contributed by atoms with Crippen LogP contribution in [0.3, 0.4) is 0 Å². The number of carboxylic acid groups (broad SMARTS) is 1. The summed E-state index contributed by atoms with van der Waals surface area (Å²) in [5.74, 6) is -0.909. The normalized spacial score (nSPS) is 11.5. The third-order valence-corrected chi connectivity index (χ3v) is 2.20. The lowest BCUT2D eigenvalue weighted by Gasteiger charge is -2.23. The van der Waals surface area contributed by atoms with Crippen LogP contribution in [0.15, 0.2) is 18.3 Å². The standard InChI is InChI=1S/C10H11N3O2/c1-7(10(14)15)13(2)9-3-4-12-8(5-9)6-11/h3-5,7H,1-2H3,(H,14,15). The minimum Gasteiger partial charge on any atom is -0.480 e. The van der Waals surface area contributed by atoms with Gasteiger partial charge in [0.2, 0.25) is 0 Å². The lowest BCUT2D eigenvalue weighted by molar-refractivity contribution is -0.138. The van der Waals surface area contributed by atoms with Gasteiger partial charge in [-0.15, -0.1) is 0 Å². The number of aliphatic carboxylic acids is 1. The van der Waals surface area contributed by atoms with Gasteiger partial charge in [0, 0.05) is 18.9 Å². The second-order valence-corrected chi connectivity index (χ2v) is 3.14. The van der Waals surface area contributed by atoms with Crippen LogP contribution in [0, 0.1) is 11.3 Å². The average molecular weight is 205 g/mol. The summed E-state index contributed by atoms with van der Waals surface area (Å²) in [4.78, 5) is 16.1. The average Bonchev–Trinajstić information content (AvgIpc) is 2.27. The number of hydrogen-bond donors (Lipinski definition) is 1. The van der Waals surface area contributed by atoms with Crippen molar-refractivity contribution in [3.05, 3.63) is 24.0 Å².